The molecule has 0 N–H and O–H groups in total. The van der Waals surface area contributed by atoms with Crippen molar-refractivity contribution in [3.8, 4) is 11.5 Å². The van der Waals surface area contributed by atoms with Gasteiger partial charge in [-0.05, 0) is 47.6 Å². The lowest BCUT2D eigenvalue weighted by molar-refractivity contribution is -0.190. The summed E-state index contributed by atoms with van der Waals surface area (Å²) in [5, 5.41) is 0. The maximum absolute atomic E-state index is 14.0. The zero-order valence-corrected chi connectivity index (χ0v) is 23.2. The second-order valence-electron chi connectivity index (χ2n) is 10.2. The fourth-order valence-corrected chi connectivity index (χ4v) is 5.70. The number of hydrogen-bond acceptors (Lipinski definition) is 5. The molecule has 38 heavy (non-hydrogen) atoms. The lowest BCUT2D eigenvalue weighted by Gasteiger charge is -2.47. The maximum atomic E-state index is 14.0. The molecule has 0 aliphatic carbocycles. The normalized spacial score (nSPS) is 21.9. The van der Waals surface area contributed by atoms with Crippen LogP contribution in [0.15, 0.2) is 42.5 Å². The van der Waals surface area contributed by atoms with Crippen molar-refractivity contribution in [3.63, 3.8) is 0 Å². The Morgan fingerprint density at radius 1 is 1.05 bits per heavy atom. The third kappa shape index (κ3) is 6.63. The molecule has 1 saturated heterocycles. The average molecular weight is 536 g/mol. The number of rotatable bonds is 7. The SMILES string of the molecule is CC.COc1cc2c(cc1OC)C1CC(OC(=O)C(c3ccccc3)C(F)(F)F)[C@@H](CC(C)C)CN1CC2. The van der Waals surface area contributed by atoms with Crippen LogP contribution in [0.3, 0.4) is 0 Å². The Hall–Kier alpha value is -2.74. The lowest BCUT2D eigenvalue weighted by Crippen LogP contribution is -2.50. The van der Waals surface area contributed by atoms with E-state index in [2.05, 4.69) is 18.7 Å². The van der Waals surface area contributed by atoms with Gasteiger partial charge in [0.15, 0.2) is 17.4 Å². The minimum Gasteiger partial charge on any atom is -0.493 e. The molecule has 0 bridgehead atoms. The summed E-state index contributed by atoms with van der Waals surface area (Å²) < 4.78 is 58.8. The van der Waals surface area contributed by atoms with Gasteiger partial charge in [-0.15, -0.1) is 0 Å². The topological polar surface area (TPSA) is 48.0 Å². The Kier molecular flexibility index (Phi) is 10.1. The standard InChI is InChI=1S/C28H34F3NO4.C2H6/c1-17(2)12-20-16-32-11-10-19-13-24(34-3)25(35-4)14-21(19)22(32)15-23(20)36-27(33)26(28(29,30)31)18-8-6-5-7-9-18;1-2/h5-9,13-14,17,20,22-23,26H,10-12,15-16H2,1-4H3;1-2H3/t20-,22?,23?,26?;/m0./s1. The molecule has 0 radical (unpaired) electrons. The summed E-state index contributed by atoms with van der Waals surface area (Å²) in [6.45, 7) is 9.65. The molecule has 2 aromatic rings. The van der Waals surface area contributed by atoms with Crippen LogP contribution in [0.2, 0.25) is 0 Å². The quantitative estimate of drug-likeness (QED) is 0.359. The number of halogens is 3. The highest BCUT2D eigenvalue weighted by atomic mass is 19.4. The number of benzene rings is 2. The molecule has 0 spiro atoms. The monoisotopic (exact) mass is 535 g/mol. The van der Waals surface area contributed by atoms with Gasteiger partial charge in [0.1, 0.15) is 6.10 Å². The van der Waals surface area contributed by atoms with Crippen LogP contribution in [-0.2, 0) is 16.0 Å². The van der Waals surface area contributed by atoms with Gasteiger partial charge >= 0.3 is 12.1 Å². The van der Waals surface area contributed by atoms with Crippen LogP contribution in [0.25, 0.3) is 0 Å². The molecule has 4 rings (SSSR count). The number of methoxy groups -OCH3 is 2. The Labute approximate surface area is 224 Å². The summed E-state index contributed by atoms with van der Waals surface area (Å²) in [5.74, 6) is -2.00. The van der Waals surface area contributed by atoms with E-state index < -0.39 is 24.2 Å². The van der Waals surface area contributed by atoms with Gasteiger partial charge in [0.25, 0.3) is 0 Å². The fraction of sp³-hybridized carbons (Fsp3) is 0.567. The fourth-order valence-electron chi connectivity index (χ4n) is 5.70. The summed E-state index contributed by atoms with van der Waals surface area (Å²) in [7, 11) is 3.17. The number of alkyl halides is 3. The molecule has 3 unspecified atom stereocenters. The Balaban J connectivity index is 0.00000195. The molecule has 8 heteroatoms. The first-order valence-corrected chi connectivity index (χ1v) is 13.4. The molecule has 0 aromatic heterocycles. The minimum absolute atomic E-state index is 0.0449. The highest BCUT2D eigenvalue weighted by Crippen LogP contribution is 2.45. The molecule has 2 aliphatic rings. The predicted molar refractivity (Wildman–Crippen MR) is 142 cm³/mol. The van der Waals surface area contributed by atoms with Crippen LogP contribution in [0.1, 0.15) is 69.2 Å². The van der Waals surface area contributed by atoms with E-state index in [1.165, 1.54) is 24.3 Å². The predicted octanol–water partition coefficient (Wildman–Crippen LogP) is 6.95. The van der Waals surface area contributed by atoms with Gasteiger partial charge in [0.05, 0.1) is 14.2 Å². The molecule has 0 saturated carbocycles. The minimum atomic E-state index is -4.74. The molecule has 0 amide bonds. The largest absolute Gasteiger partial charge is 0.493 e. The van der Waals surface area contributed by atoms with E-state index in [0.29, 0.717) is 30.4 Å². The van der Waals surface area contributed by atoms with Gasteiger partial charge in [-0.3, -0.25) is 9.69 Å². The van der Waals surface area contributed by atoms with Crippen LogP contribution in [0, 0.1) is 11.8 Å². The Morgan fingerprint density at radius 3 is 2.26 bits per heavy atom. The third-order valence-corrected chi connectivity index (χ3v) is 7.30. The van der Waals surface area contributed by atoms with E-state index in [4.69, 9.17) is 14.2 Å². The number of hydrogen-bond donors (Lipinski definition) is 0. The summed E-state index contributed by atoms with van der Waals surface area (Å²) in [4.78, 5) is 15.5. The van der Waals surface area contributed by atoms with E-state index in [-0.39, 0.29) is 17.5 Å². The van der Waals surface area contributed by atoms with Gasteiger partial charge < -0.3 is 14.2 Å². The second-order valence-corrected chi connectivity index (χ2v) is 10.2. The summed E-state index contributed by atoms with van der Waals surface area (Å²) in [5.41, 5.74) is 2.07. The van der Waals surface area contributed by atoms with E-state index in [1.54, 1.807) is 20.3 Å². The number of ether oxygens (including phenoxy) is 3. The van der Waals surface area contributed by atoms with E-state index in [9.17, 15) is 18.0 Å². The number of carbonyl (C=O) groups is 1. The molecule has 5 nitrogen and oxygen atoms in total. The molecular weight excluding hydrogens is 495 g/mol. The van der Waals surface area contributed by atoms with Gasteiger partial charge in [-0.2, -0.15) is 13.2 Å². The zero-order valence-electron chi connectivity index (χ0n) is 23.2. The number of esters is 1. The van der Waals surface area contributed by atoms with Crippen molar-refractivity contribution in [2.24, 2.45) is 11.8 Å². The molecule has 2 aliphatic heterocycles. The smallest absolute Gasteiger partial charge is 0.406 e. The van der Waals surface area contributed by atoms with Crippen molar-refractivity contribution in [1.82, 2.24) is 4.90 Å². The first-order valence-electron chi connectivity index (χ1n) is 13.4. The van der Waals surface area contributed by atoms with Gasteiger partial charge in [0, 0.05) is 31.5 Å². The van der Waals surface area contributed by atoms with Crippen molar-refractivity contribution >= 4 is 5.97 Å². The van der Waals surface area contributed by atoms with Crippen LogP contribution in [-0.4, -0.2) is 50.5 Å². The van der Waals surface area contributed by atoms with E-state index in [0.717, 1.165) is 30.5 Å². The number of piperidine rings is 1. The van der Waals surface area contributed by atoms with Crippen molar-refractivity contribution < 1.29 is 32.2 Å². The average Bonchev–Trinajstić information content (AvgIpc) is 2.89. The number of carbonyl (C=O) groups excluding carboxylic acids is 1. The van der Waals surface area contributed by atoms with Crippen LogP contribution in [0.5, 0.6) is 11.5 Å². The van der Waals surface area contributed by atoms with Crippen molar-refractivity contribution in [3.05, 3.63) is 59.2 Å². The first kappa shape index (κ1) is 29.8. The number of nitrogens with zero attached hydrogens (tertiary/aromatic N) is 1. The maximum Gasteiger partial charge on any atom is 0.406 e. The lowest BCUT2D eigenvalue weighted by atomic mass is 9.79. The van der Waals surface area contributed by atoms with E-state index in [1.807, 2.05) is 26.0 Å². The van der Waals surface area contributed by atoms with Crippen LogP contribution < -0.4 is 9.47 Å². The van der Waals surface area contributed by atoms with Gasteiger partial charge in [-0.1, -0.05) is 58.0 Å². The Bertz CT molecular complexity index is 1060. The molecule has 1 fully saturated rings. The number of fused-ring (bicyclic) bond motifs is 3. The summed E-state index contributed by atoms with van der Waals surface area (Å²) in [6, 6.07) is 11.1. The summed E-state index contributed by atoms with van der Waals surface area (Å²) >= 11 is 0. The first-order chi connectivity index (χ1) is 18.1. The van der Waals surface area contributed by atoms with Gasteiger partial charge in [0.2, 0.25) is 0 Å². The van der Waals surface area contributed by atoms with Crippen molar-refractivity contribution in [2.45, 2.75) is 71.2 Å². The van der Waals surface area contributed by atoms with Crippen LogP contribution in [0.4, 0.5) is 13.2 Å². The van der Waals surface area contributed by atoms with E-state index >= 15 is 0 Å². The molecule has 210 valence electrons. The highest BCUT2D eigenvalue weighted by molar-refractivity contribution is 5.79. The zero-order chi connectivity index (χ0) is 28.0. The molecule has 4 atom stereocenters. The van der Waals surface area contributed by atoms with Crippen LogP contribution >= 0.6 is 0 Å². The van der Waals surface area contributed by atoms with Crippen molar-refractivity contribution in [2.75, 3.05) is 27.3 Å². The summed E-state index contributed by atoms with van der Waals surface area (Å²) in [6.07, 6.45) is -3.32. The highest BCUT2D eigenvalue weighted by Gasteiger charge is 2.49. The van der Waals surface area contributed by atoms with Crippen molar-refractivity contribution in [1.29, 1.82) is 0 Å². The molecular formula is C30H40F3NO4. The molecule has 2 heterocycles. The molecule has 2 aromatic carbocycles. The second kappa shape index (κ2) is 12.9. The Morgan fingerprint density at radius 2 is 1.68 bits per heavy atom. The third-order valence-electron chi connectivity index (χ3n) is 7.30. The van der Waals surface area contributed by atoms with Gasteiger partial charge in [-0.25, -0.2) is 0 Å².